The molecule has 0 saturated carbocycles. The van der Waals surface area contributed by atoms with Crippen molar-refractivity contribution in [3.05, 3.63) is 48.2 Å². The van der Waals surface area contributed by atoms with Crippen LogP contribution in [-0.4, -0.2) is 18.2 Å². The maximum atomic E-state index is 5.76. The third-order valence-corrected chi connectivity index (χ3v) is 3.50. The van der Waals surface area contributed by atoms with Gasteiger partial charge in [-0.05, 0) is 24.6 Å². The second-order valence-electron chi connectivity index (χ2n) is 5.07. The zero-order valence-corrected chi connectivity index (χ0v) is 12.2. The van der Waals surface area contributed by atoms with Gasteiger partial charge in [0.25, 0.3) is 0 Å². The van der Waals surface area contributed by atoms with Crippen LogP contribution in [0.25, 0.3) is 0 Å². The van der Waals surface area contributed by atoms with Gasteiger partial charge in [0.2, 0.25) is 0 Å². The summed E-state index contributed by atoms with van der Waals surface area (Å²) in [5.41, 5.74) is 1.18. The second-order valence-corrected chi connectivity index (χ2v) is 5.07. The van der Waals surface area contributed by atoms with Crippen molar-refractivity contribution >= 4 is 5.82 Å². The maximum absolute atomic E-state index is 5.76. The van der Waals surface area contributed by atoms with Crippen molar-refractivity contribution in [1.29, 1.82) is 0 Å². The molecule has 1 unspecified atom stereocenters. The highest BCUT2D eigenvalue weighted by atomic mass is 16.5. The summed E-state index contributed by atoms with van der Waals surface area (Å²) in [6, 6.07) is 12.2. The van der Waals surface area contributed by atoms with Gasteiger partial charge in [0.1, 0.15) is 5.75 Å². The van der Waals surface area contributed by atoms with Crippen LogP contribution in [0.4, 0.5) is 5.82 Å². The predicted octanol–water partition coefficient (Wildman–Crippen LogP) is 3.81. The molecule has 110 valence electrons. The Morgan fingerprint density at radius 2 is 2.19 bits per heavy atom. The molecule has 0 bridgehead atoms. The second kappa shape index (κ2) is 6.48. The molecular weight excluding hydrogens is 264 g/mol. The Hall–Kier alpha value is -2.23. The van der Waals surface area contributed by atoms with Gasteiger partial charge in [-0.15, -0.1) is 0 Å². The number of aromatic nitrogens is 1. The highest BCUT2D eigenvalue weighted by Crippen LogP contribution is 2.35. The van der Waals surface area contributed by atoms with Crippen molar-refractivity contribution in [2.24, 2.45) is 0 Å². The van der Waals surface area contributed by atoms with Crippen LogP contribution in [0.2, 0.25) is 0 Å². The molecule has 1 aromatic heterocycles. The van der Waals surface area contributed by atoms with Crippen LogP contribution in [0.3, 0.4) is 0 Å². The summed E-state index contributed by atoms with van der Waals surface area (Å²) < 4.78 is 11.5. The lowest BCUT2D eigenvalue weighted by molar-refractivity contribution is 0.273. The first-order chi connectivity index (χ1) is 10.4. The number of nitrogens with one attached hydrogen (secondary N) is 1. The van der Waals surface area contributed by atoms with E-state index in [2.05, 4.69) is 23.3 Å². The van der Waals surface area contributed by atoms with Crippen molar-refractivity contribution in [3.63, 3.8) is 0 Å². The number of benzene rings is 1. The molecular formula is C17H20N2O2. The molecule has 0 saturated heterocycles. The highest BCUT2D eigenvalue weighted by Gasteiger charge is 2.22. The van der Waals surface area contributed by atoms with Crippen LogP contribution >= 0.6 is 0 Å². The van der Waals surface area contributed by atoms with Gasteiger partial charge in [0.05, 0.1) is 19.3 Å². The first kappa shape index (κ1) is 13.7. The third kappa shape index (κ3) is 3.10. The van der Waals surface area contributed by atoms with E-state index in [-0.39, 0.29) is 6.04 Å². The van der Waals surface area contributed by atoms with Crippen LogP contribution in [0, 0.1) is 0 Å². The van der Waals surface area contributed by atoms with E-state index in [1.54, 1.807) is 6.20 Å². The molecule has 1 aromatic carbocycles. The Bertz CT molecular complexity index is 601. The Morgan fingerprint density at radius 3 is 3.10 bits per heavy atom. The van der Waals surface area contributed by atoms with Gasteiger partial charge in [-0.1, -0.05) is 25.1 Å². The van der Waals surface area contributed by atoms with Crippen molar-refractivity contribution in [1.82, 2.24) is 4.98 Å². The van der Waals surface area contributed by atoms with E-state index in [1.165, 1.54) is 5.56 Å². The quantitative estimate of drug-likeness (QED) is 0.906. The molecule has 1 aliphatic heterocycles. The molecule has 4 heteroatoms. The van der Waals surface area contributed by atoms with Crippen molar-refractivity contribution in [2.75, 3.05) is 18.5 Å². The molecule has 3 rings (SSSR count). The van der Waals surface area contributed by atoms with Gasteiger partial charge in [-0.3, -0.25) is 0 Å². The van der Waals surface area contributed by atoms with E-state index < -0.39 is 0 Å². The van der Waals surface area contributed by atoms with E-state index in [4.69, 9.17) is 9.47 Å². The van der Waals surface area contributed by atoms with Crippen LogP contribution in [0.15, 0.2) is 42.6 Å². The topological polar surface area (TPSA) is 43.4 Å². The van der Waals surface area contributed by atoms with Gasteiger partial charge >= 0.3 is 0 Å². The summed E-state index contributed by atoms with van der Waals surface area (Å²) in [5.74, 6) is 2.56. The SMILES string of the molecule is CCCOc1cccnc1NC1CCOc2ccccc21. The summed E-state index contributed by atoms with van der Waals surface area (Å²) in [7, 11) is 0. The van der Waals surface area contributed by atoms with Crippen LogP contribution < -0.4 is 14.8 Å². The average Bonchev–Trinajstić information content (AvgIpc) is 2.54. The Kier molecular flexibility index (Phi) is 4.24. The lowest BCUT2D eigenvalue weighted by Crippen LogP contribution is -2.21. The molecule has 1 aliphatic rings. The standard InChI is InChI=1S/C17H20N2O2/c1-2-11-20-16-8-5-10-18-17(16)19-14-9-12-21-15-7-4-3-6-13(14)15/h3-8,10,14H,2,9,11-12H2,1H3,(H,18,19). The maximum Gasteiger partial charge on any atom is 0.169 e. The van der Waals surface area contributed by atoms with Gasteiger partial charge in [0.15, 0.2) is 11.6 Å². The molecule has 2 aromatic rings. The van der Waals surface area contributed by atoms with E-state index in [1.807, 2.05) is 30.3 Å². The number of nitrogens with zero attached hydrogens (tertiary/aromatic N) is 1. The fraction of sp³-hybridized carbons (Fsp3) is 0.353. The highest BCUT2D eigenvalue weighted by molar-refractivity contribution is 5.52. The summed E-state index contributed by atoms with van der Waals surface area (Å²) in [5, 5.41) is 3.50. The minimum absolute atomic E-state index is 0.203. The number of rotatable bonds is 5. The number of ether oxygens (including phenoxy) is 2. The van der Waals surface area contributed by atoms with E-state index in [9.17, 15) is 0 Å². The third-order valence-electron chi connectivity index (χ3n) is 3.50. The Balaban J connectivity index is 1.81. The predicted molar refractivity (Wildman–Crippen MR) is 82.9 cm³/mol. The van der Waals surface area contributed by atoms with Crippen LogP contribution in [-0.2, 0) is 0 Å². The molecule has 0 radical (unpaired) electrons. The van der Waals surface area contributed by atoms with Crippen LogP contribution in [0.5, 0.6) is 11.5 Å². The Morgan fingerprint density at radius 1 is 1.29 bits per heavy atom. The Labute approximate surface area is 125 Å². The molecule has 1 N–H and O–H groups in total. The first-order valence-electron chi connectivity index (χ1n) is 7.44. The molecule has 21 heavy (non-hydrogen) atoms. The zero-order valence-electron chi connectivity index (χ0n) is 12.2. The van der Waals surface area contributed by atoms with E-state index >= 15 is 0 Å². The first-order valence-corrected chi connectivity index (χ1v) is 7.44. The summed E-state index contributed by atoms with van der Waals surface area (Å²) in [4.78, 5) is 4.42. The number of fused-ring (bicyclic) bond motifs is 1. The lowest BCUT2D eigenvalue weighted by Gasteiger charge is -2.27. The molecule has 0 spiro atoms. The van der Waals surface area contributed by atoms with Crippen molar-refractivity contribution < 1.29 is 9.47 Å². The fourth-order valence-corrected chi connectivity index (χ4v) is 2.48. The zero-order chi connectivity index (χ0) is 14.5. The smallest absolute Gasteiger partial charge is 0.169 e. The molecule has 0 amide bonds. The summed E-state index contributed by atoms with van der Waals surface area (Å²) in [6.07, 6.45) is 3.68. The molecule has 0 fully saturated rings. The van der Waals surface area contributed by atoms with Crippen molar-refractivity contribution in [2.45, 2.75) is 25.8 Å². The van der Waals surface area contributed by atoms with E-state index in [0.29, 0.717) is 13.2 Å². The minimum Gasteiger partial charge on any atom is -0.493 e. The molecule has 1 atom stereocenters. The van der Waals surface area contributed by atoms with Crippen molar-refractivity contribution in [3.8, 4) is 11.5 Å². The largest absolute Gasteiger partial charge is 0.493 e. The number of pyridine rings is 1. The lowest BCUT2D eigenvalue weighted by atomic mass is 10.0. The fourth-order valence-electron chi connectivity index (χ4n) is 2.48. The normalized spacial score (nSPS) is 16.7. The number of para-hydroxylation sites is 1. The average molecular weight is 284 g/mol. The van der Waals surface area contributed by atoms with Gasteiger partial charge in [0, 0.05) is 18.2 Å². The molecule has 2 heterocycles. The van der Waals surface area contributed by atoms with Gasteiger partial charge < -0.3 is 14.8 Å². The number of hydrogen-bond acceptors (Lipinski definition) is 4. The number of anilines is 1. The number of hydrogen-bond donors (Lipinski definition) is 1. The van der Waals surface area contributed by atoms with E-state index in [0.717, 1.165) is 30.2 Å². The minimum atomic E-state index is 0.203. The summed E-state index contributed by atoms with van der Waals surface area (Å²) in [6.45, 7) is 3.51. The van der Waals surface area contributed by atoms with Gasteiger partial charge in [-0.25, -0.2) is 4.98 Å². The molecule has 0 aliphatic carbocycles. The summed E-state index contributed by atoms with van der Waals surface area (Å²) >= 11 is 0. The van der Waals surface area contributed by atoms with Crippen LogP contribution in [0.1, 0.15) is 31.4 Å². The monoisotopic (exact) mass is 284 g/mol. The van der Waals surface area contributed by atoms with Gasteiger partial charge in [-0.2, -0.15) is 0 Å². The molecule has 4 nitrogen and oxygen atoms in total.